The van der Waals surface area contributed by atoms with Gasteiger partial charge in [0.15, 0.2) is 0 Å². The number of nitrogens with one attached hydrogen (secondary N) is 3. The van der Waals surface area contributed by atoms with E-state index in [0.717, 1.165) is 0 Å². The van der Waals surface area contributed by atoms with Crippen molar-refractivity contribution < 1.29 is 9.59 Å². The van der Waals surface area contributed by atoms with Gasteiger partial charge in [-0.3, -0.25) is 9.59 Å². The Morgan fingerprint density at radius 3 is 2.19 bits per heavy atom. The zero-order valence-corrected chi connectivity index (χ0v) is 11.1. The lowest BCUT2D eigenvalue weighted by Crippen LogP contribution is -2.42. The molecule has 0 aromatic rings. The molecule has 0 aliphatic rings. The van der Waals surface area contributed by atoms with E-state index in [0.29, 0.717) is 6.54 Å². The van der Waals surface area contributed by atoms with Crippen LogP contribution in [0.5, 0.6) is 0 Å². The predicted molar refractivity (Wildman–Crippen MR) is 66.6 cm³/mol. The van der Waals surface area contributed by atoms with E-state index < -0.39 is 0 Å². The highest BCUT2D eigenvalue weighted by atomic mass is 35.5. The molecule has 1 unspecified atom stereocenters. The first-order valence-electron chi connectivity index (χ1n) is 5.19. The number of carbonyl (C=O) groups excluding carboxylic acids is 2. The van der Waals surface area contributed by atoms with E-state index >= 15 is 0 Å². The Labute approximate surface area is 103 Å². The monoisotopic (exact) mass is 251 g/mol. The molecule has 0 aliphatic carbocycles. The Morgan fingerprint density at radius 1 is 1.19 bits per heavy atom. The lowest BCUT2D eigenvalue weighted by Gasteiger charge is -2.12. The average Bonchev–Trinajstić information content (AvgIpc) is 2.13. The highest BCUT2D eigenvalue weighted by molar-refractivity contribution is 5.86. The van der Waals surface area contributed by atoms with E-state index in [1.54, 1.807) is 7.05 Å². The molecule has 5 nitrogen and oxygen atoms in total. The van der Waals surface area contributed by atoms with Gasteiger partial charge < -0.3 is 16.0 Å². The minimum absolute atomic E-state index is 0. The summed E-state index contributed by atoms with van der Waals surface area (Å²) in [5, 5.41) is 8.19. The van der Waals surface area contributed by atoms with E-state index in [1.807, 2.05) is 20.8 Å². The summed E-state index contributed by atoms with van der Waals surface area (Å²) in [4.78, 5) is 22.6. The maximum absolute atomic E-state index is 11.4. The molecular weight excluding hydrogens is 230 g/mol. The molecule has 1 atom stereocenters. The molecule has 0 aromatic carbocycles. The molecule has 0 heterocycles. The summed E-state index contributed by atoms with van der Waals surface area (Å²) >= 11 is 0. The lowest BCUT2D eigenvalue weighted by molar-refractivity contribution is -0.128. The van der Waals surface area contributed by atoms with Gasteiger partial charge in [0.1, 0.15) is 0 Å². The van der Waals surface area contributed by atoms with Crippen LogP contribution in [0.1, 0.15) is 20.8 Å². The molecule has 0 saturated heterocycles. The van der Waals surface area contributed by atoms with Gasteiger partial charge >= 0.3 is 0 Å². The summed E-state index contributed by atoms with van der Waals surface area (Å²) < 4.78 is 0. The zero-order chi connectivity index (χ0) is 11.8. The Balaban J connectivity index is 0. The standard InChI is InChI=1S/C10H21N3O2.ClH/c1-7(2)13-9(14)6-12-10(15)8(3)5-11-4;/h7-8,11H,5-6H2,1-4H3,(H,12,15)(H,13,14);1H. The SMILES string of the molecule is CNCC(C)C(=O)NCC(=O)NC(C)C.Cl. The van der Waals surface area contributed by atoms with Crippen molar-refractivity contribution in [2.24, 2.45) is 5.92 Å². The summed E-state index contributed by atoms with van der Waals surface area (Å²) in [5.41, 5.74) is 0. The van der Waals surface area contributed by atoms with Gasteiger partial charge in [0, 0.05) is 18.5 Å². The van der Waals surface area contributed by atoms with Gasteiger partial charge in [-0.25, -0.2) is 0 Å². The van der Waals surface area contributed by atoms with Gasteiger partial charge in [-0.05, 0) is 20.9 Å². The van der Waals surface area contributed by atoms with Crippen LogP contribution in [0.3, 0.4) is 0 Å². The number of carbonyl (C=O) groups is 2. The van der Waals surface area contributed by atoms with E-state index in [1.165, 1.54) is 0 Å². The second kappa shape index (κ2) is 9.42. The number of amides is 2. The van der Waals surface area contributed by atoms with Crippen molar-refractivity contribution >= 4 is 24.2 Å². The molecule has 3 N–H and O–H groups in total. The first kappa shape index (κ1) is 17.6. The first-order valence-corrected chi connectivity index (χ1v) is 5.19. The molecule has 0 aromatic heterocycles. The van der Waals surface area contributed by atoms with Crippen molar-refractivity contribution in [3.8, 4) is 0 Å². The highest BCUT2D eigenvalue weighted by Crippen LogP contribution is 1.91. The fraction of sp³-hybridized carbons (Fsp3) is 0.800. The number of rotatable bonds is 6. The molecule has 16 heavy (non-hydrogen) atoms. The maximum atomic E-state index is 11.4. The summed E-state index contributed by atoms with van der Waals surface area (Å²) in [6, 6.07) is 0.101. The smallest absolute Gasteiger partial charge is 0.239 e. The third-order valence-electron chi connectivity index (χ3n) is 1.83. The Hall–Kier alpha value is -0.810. The Kier molecular flexibility index (Phi) is 10.3. The Bertz CT molecular complexity index is 222. The Morgan fingerprint density at radius 2 is 1.75 bits per heavy atom. The lowest BCUT2D eigenvalue weighted by atomic mass is 10.1. The van der Waals surface area contributed by atoms with Crippen LogP contribution in [0.25, 0.3) is 0 Å². The topological polar surface area (TPSA) is 70.2 Å². The van der Waals surface area contributed by atoms with Crippen LogP contribution in [-0.2, 0) is 9.59 Å². The van der Waals surface area contributed by atoms with Crippen molar-refractivity contribution in [3.63, 3.8) is 0 Å². The van der Waals surface area contributed by atoms with E-state index in [-0.39, 0.29) is 42.7 Å². The van der Waals surface area contributed by atoms with Gasteiger partial charge in [0.2, 0.25) is 11.8 Å². The summed E-state index contributed by atoms with van der Waals surface area (Å²) in [5.74, 6) is -0.389. The first-order chi connectivity index (χ1) is 6.97. The molecule has 0 radical (unpaired) electrons. The maximum Gasteiger partial charge on any atom is 0.239 e. The normalized spacial score (nSPS) is 11.6. The van der Waals surface area contributed by atoms with Crippen LogP contribution in [0.4, 0.5) is 0 Å². The second-order valence-electron chi connectivity index (χ2n) is 3.90. The third-order valence-corrected chi connectivity index (χ3v) is 1.83. The van der Waals surface area contributed by atoms with Crippen LogP contribution in [0.15, 0.2) is 0 Å². The van der Waals surface area contributed by atoms with Crippen molar-refractivity contribution in [1.82, 2.24) is 16.0 Å². The second-order valence-corrected chi connectivity index (χ2v) is 3.90. The molecule has 0 aliphatic heterocycles. The van der Waals surface area contributed by atoms with E-state index in [4.69, 9.17) is 0 Å². The van der Waals surface area contributed by atoms with Crippen LogP contribution in [-0.4, -0.2) is 38.0 Å². The fourth-order valence-corrected chi connectivity index (χ4v) is 1.11. The largest absolute Gasteiger partial charge is 0.352 e. The summed E-state index contributed by atoms with van der Waals surface area (Å²) in [7, 11) is 1.79. The van der Waals surface area contributed by atoms with Crippen molar-refractivity contribution in [3.05, 3.63) is 0 Å². The van der Waals surface area contributed by atoms with Gasteiger partial charge in [0.25, 0.3) is 0 Å². The number of hydrogen-bond donors (Lipinski definition) is 3. The summed E-state index contributed by atoms with van der Waals surface area (Å²) in [6.45, 7) is 6.22. The van der Waals surface area contributed by atoms with Gasteiger partial charge in [-0.15, -0.1) is 12.4 Å². The predicted octanol–water partition coefficient (Wildman–Crippen LogP) is -0.0955. The van der Waals surface area contributed by atoms with Gasteiger partial charge in [-0.1, -0.05) is 6.92 Å². The molecule has 0 fully saturated rings. The van der Waals surface area contributed by atoms with Crippen LogP contribution < -0.4 is 16.0 Å². The molecule has 96 valence electrons. The van der Waals surface area contributed by atoms with Crippen LogP contribution in [0.2, 0.25) is 0 Å². The molecule has 2 amide bonds. The fourth-order valence-electron chi connectivity index (χ4n) is 1.11. The molecule has 0 saturated carbocycles. The molecule has 0 rings (SSSR count). The number of hydrogen-bond acceptors (Lipinski definition) is 3. The summed E-state index contributed by atoms with van der Waals surface area (Å²) in [6.07, 6.45) is 0. The highest BCUT2D eigenvalue weighted by Gasteiger charge is 2.12. The van der Waals surface area contributed by atoms with Crippen LogP contribution >= 0.6 is 12.4 Å². The van der Waals surface area contributed by atoms with Gasteiger partial charge in [-0.2, -0.15) is 0 Å². The molecule has 6 heteroatoms. The van der Waals surface area contributed by atoms with E-state index in [2.05, 4.69) is 16.0 Å². The van der Waals surface area contributed by atoms with E-state index in [9.17, 15) is 9.59 Å². The molecule has 0 bridgehead atoms. The third kappa shape index (κ3) is 8.49. The van der Waals surface area contributed by atoms with Crippen molar-refractivity contribution in [2.45, 2.75) is 26.8 Å². The average molecular weight is 252 g/mol. The van der Waals surface area contributed by atoms with Crippen LogP contribution in [0, 0.1) is 5.92 Å². The minimum Gasteiger partial charge on any atom is -0.352 e. The van der Waals surface area contributed by atoms with Crippen molar-refractivity contribution in [2.75, 3.05) is 20.1 Å². The van der Waals surface area contributed by atoms with Gasteiger partial charge in [0.05, 0.1) is 6.54 Å². The quantitative estimate of drug-likeness (QED) is 0.618. The zero-order valence-electron chi connectivity index (χ0n) is 10.3. The minimum atomic E-state index is -0.157. The number of halogens is 1. The van der Waals surface area contributed by atoms with Crippen molar-refractivity contribution in [1.29, 1.82) is 0 Å². The molecule has 0 spiro atoms. The molecular formula is C10H22ClN3O2.